The van der Waals surface area contributed by atoms with Gasteiger partial charge in [0, 0.05) is 11.6 Å². The molecule has 0 bridgehead atoms. The van der Waals surface area contributed by atoms with Crippen LogP contribution >= 0.6 is 0 Å². The van der Waals surface area contributed by atoms with E-state index in [0.29, 0.717) is 5.92 Å². The molecule has 2 rings (SSSR count). The van der Waals surface area contributed by atoms with Crippen molar-refractivity contribution in [3.8, 4) is 5.75 Å². The Hall–Kier alpha value is -1.09. The molecule has 0 spiro atoms. The van der Waals surface area contributed by atoms with Crippen molar-refractivity contribution in [1.29, 1.82) is 0 Å². The summed E-state index contributed by atoms with van der Waals surface area (Å²) in [6.07, 6.45) is 6.51. The summed E-state index contributed by atoms with van der Waals surface area (Å²) >= 11 is 0. The molecule has 1 aliphatic rings. The van der Waals surface area contributed by atoms with Crippen molar-refractivity contribution in [3.05, 3.63) is 29.6 Å². The Balaban J connectivity index is 2.02. The second-order valence-corrected chi connectivity index (χ2v) is 5.51. The molecule has 0 heterocycles. The van der Waals surface area contributed by atoms with E-state index in [0.717, 1.165) is 17.9 Å². The fourth-order valence-corrected chi connectivity index (χ4v) is 2.71. The molecule has 1 fully saturated rings. The highest BCUT2D eigenvalue weighted by atomic mass is 19.1. The molecule has 0 saturated heterocycles. The first-order chi connectivity index (χ1) is 9.20. The van der Waals surface area contributed by atoms with E-state index < -0.39 is 0 Å². The standard InChI is InChI=1S/C16H24FNO/c1-12(18-2)15-10-14(17)8-9-16(15)19-11-13-6-4-3-5-7-13/h8-10,12-13,18H,3-7,11H2,1-2H3. The lowest BCUT2D eigenvalue weighted by molar-refractivity contribution is 0.206. The third kappa shape index (κ3) is 3.93. The van der Waals surface area contributed by atoms with Gasteiger partial charge in [0.05, 0.1) is 6.61 Å². The average molecular weight is 265 g/mol. The lowest BCUT2D eigenvalue weighted by atomic mass is 9.90. The molecule has 1 N–H and O–H groups in total. The molecule has 106 valence electrons. The smallest absolute Gasteiger partial charge is 0.124 e. The van der Waals surface area contributed by atoms with Crippen molar-refractivity contribution in [2.24, 2.45) is 5.92 Å². The molecule has 0 aromatic heterocycles. The summed E-state index contributed by atoms with van der Waals surface area (Å²) in [5, 5.41) is 3.14. The van der Waals surface area contributed by atoms with E-state index in [1.54, 1.807) is 12.1 Å². The van der Waals surface area contributed by atoms with Crippen LogP contribution in [0.2, 0.25) is 0 Å². The van der Waals surface area contributed by atoms with Crippen LogP contribution in [0.1, 0.15) is 50.6 Å². The third-order valence-corrected chi connectivity index (χ3v) is 4.07. The van der Waals surface area contributed by atoms with Crippen molar-refractivity contribution in [2.45, 2.75) is 45.1 Å². The maximum absolute atomic E-state index is 13.4. The van der Waals surface area contributed by atoms with Crippen molar-refractivity contribution < 1.29 is 9.13 Å². The van der Waals surface area contributed by atoms with Crippen LogP contribution in [-0.2, 0) is 0 Å². The normalized spacial score (nSPS) is 18.3. The van der Waals surface area contributed by atoms with Gasteiger partial charge < -0.3 is 10.1 Å². The lowest BCUT2D eigenvalue weighted by Gasteiger charge is -2.23. The molecule has 1 atom stereocenters. The number of hydrogen-bond donors (Lipinski definition) is 1. The van der Waals surface area contributed by atoms with Gasteiger partial charge in [0.15, 0.2) is 0 Å². The molecule has 1 aromatic rings. The fourth-order valence-electron chi connectivity index (χ4n) is 2.71. The molecule has 1 aromatic carbocycles. The molecule has 1 unspecified atom stereocenters. The van der Waals surface area contributed by atoms with Gasteiger partial charge >= 0.3 is 0 Å². The van der Waals surface area contributed by atoms with Crippen molar-refractivity contribution in [3.63, 3.8) is 0 Å². The summed E-state index contributed by atoms with van der Waals surface area (Å²) in [6.45, 7) is 2.78. The predicted octanol–water partition coefficient (Wildman–Crippen LogP) is 4.07. The van der Waals surface area contributed by atoms with Gasteiger partial charge in [-0.2, -0.15) is 0 Å². The minimum atomic E-state index is -0.206. The van der Waals surface area contributed by atoms with Gasteiger partial charge in [0.25, 0.3) is 0 Å². The van der Waals surface area contributed by atoms with Crippen LogP contribution in [0.5, 0.6) is 5.75 Å². The number of rotatable bonds is 5. The van der Waals surface area contributed by atoms with Crippen molar-refractivity contribution >= 4 is 0 Å². The summed E-state index contributed by atoms with van der Waals surface area (Å²) in [6, 6.07) is 4.89. The van der Waals surface area contributed by atoms with Crippen LogP contribution in [0.15, 0.2) is 18.2 Å². The second-order valence-electron chi connectivity index (χ2n) is 5.51. The average Bonchev–Trinajstić information content (AvgIpc) is 2.46. The third-order valence-electron chi connectivity index (χ3n) is 4.07. The summed E-state index contributed by atoms with van der Waals surface area (Å²) in [4.78, 5) is 0. The summed E-state index contributed by atoms with van der Waals surface area (Å²) in [5.41, 5.74) is 0.901. The van der Waals surface area contributed by atoms with Gasteiger partial charge in [0.1, 0.15) is 11.6 Å². The van der Waals surface area contributed by atoms with Gasteiger partial charge in [0.2, 0.25) is 0 Å². The maximum atomic E-state index is 13.4. The first-order valence-electron chi connectivity index (χ1n) is 7.30. The largest absolute Gasteiger partial charge is 0.493 e. The first-order valence-corrected chi connectivity index (χ1v) is 7.30. The summed E-state index contributed by atoms with van der Waals surface area (Å²) < 4.78 is 19.3. The molecule has 2 nitrogen and oxygen atoms in total. The topological polar surface area (TPSA) is 21.3 Å². The van der Waals surface area contributed by atoms with E-state index in [9.17, 15) is 4.39 Å². The van der Waals surface area contributed by atoms with E-state index in [1.807, 2.05) is 14.0 Å². The molecule has 0 amide bonds. The molecular weight excluding hydrogens is 241 g/mol. The van der Waals surface area contributed by atoms with E-state index in [-0.39, 0.29) is 11.9 Å². The van der Waals surface area contributed by atoms with E-state index in [1.165, 1.54) is 38.2 Å². The number of halogens is 1. The van der Waals surface area contributed by atoms with Gasteiger partial charge in [-0.3, -0.25) is 0 Å². The SMILES string of the molecule is CNC(C)c1cc(F)ccc1OCC1CCCCC1. The van der Waals surface area contributed by atoms with Gasteiger partial charge in [-0.15, -0.1) is 0 Å². The minimum Gasteiger partial charge on any atom is -0.493 e. The molecule has 19 heavy (non-hydrogen) atoms. The van der Waals surface area contributed by atoms with E-state index >= 15 is 0 Å². The molecule has 0 radical (unpaired) electrons. The highest BCUT2D eigenvalue weighted by Crippen LogP contribution is 2.29. The van der Waals surface area contributed by atoms with Crippen LogP contribution in [0, 0.1) is 11.7 Å². The predicted molar refractivity (Wildman–Crippen MR) is 75.9 cm³/mol. The van der Waals surface area contributed by atoms with Crippen LogP contribution in [0.3, 0.4) is 0 Å². The quantitative estimate of drug-likeness (QED) is 0.866. The second kappa shape index (κ2) is 6.90. The molecule has 3 heteroatoms. The number of nitrogens with one attached hydrogen (secondary N) is 1. The zero-order chi connectivity index (χ0) is 13.7. The van der Waals surface area contributed by atoms with Gasteiger partial charge in [-0.25, -0.2) is 4.39 Å². The van der Waals surface area contributed by atoms with Crippen LogP contribution in [-0.4, -0.2) is 13.7 Å². The minimum absolute atomic E-state index is 0.0945. The Morgan fingerprint density at radius 3 is 2.74 bits per heavy atom. The van der Waals surface area contributed by atoms with Gasteiger partial charge in [-0.1, -0.05) is 19.3 Å². The number of benzene rings is 1. The highest BCUT2D eigenvalue weighted by molar-refractivity contribution is 5.36. The Bertz CT molecular complexity index is 402. The van der Waals surface area contributed by atoms with Crippen LogP contribution < -0.4 is 10.1 Å². The maximum Gasteiger partial charge on any atom is 0.124 e. The Kier molecular flexibility index (Phi) is 5.20. The molecular formula is C16H24FNO. The fraction of sp³-hybridized carbons (Fsp3) is 0.625. The number of hydrogen-bond acceptors (Lipinski definition) is 2. The van der Waals surface area contributed by atoms with Crippen LogP contribution in [0.25, 0.3) is 0 Å². The monoisotopic (exact) mass is 265 g/mol. The summed E-state index contributed by atoms with van der Waals surface area (Å²) in [5.74, 6) is 1.27. The zero-order valence-corrected chi connectivity index (χ0v) is 11.9. The van der Waals surface area contributed by atoms with E-state index in [2.05, 4.69) is 5.32 Å². The Morgan fingerprint density at radius 2 is 2.05 bits per heavy atom. The highest BCUT2D eigenvalue weighted by Gasteiger charge is 2.16. The zero-order valence-electron chi connectivity index (χ0n) is 11.9. The lowest BCUT2D eigenvalue weighted by Crippen LogP contribution is -2.18. The number of ether oxygens (including phenoxy) is 1. The summed E-state index contributed by atoms with van der Waals surface area (Å²) in [7, 11) is 1.88. The Labute approximate surface area is 115 Å². The first kappa shape index (κ1) is 14.3. The Morgan fingerprint density at radius 1 is 1.32 bits per heavy atom. The van der Waals surface area contributed by atoms with E-state index in [4.69, 9.17) is 4.74 Å². The van der Waals surface area contributed by atoms with Gasteiger partial charge in [-0.05, 0) is 50.9 Å². The van der Waals surface area contributed by atoms with Crippen molar-refractivity contribution in [1.82, 2.24) is 5.32 Å². The van der Waals surface area contributed by atoms with Crippen LogP contribution in [0.4, 0.5) is 4.39 Å². The molecule has 1 aliphatic carbocycles. The van der Waals surface area contributed by atoms with Crippen molar-refractivity contribution in [2.75, 3.05) is 13.7 Å². The molecule has 0 aliphatic heterocycles. The molecule has 1 saturated carbocycles.